The first-order chi connectivity index (χ1) is 8.09. The maximum absolute atomic E-state index is 6.33. The van der Waals surface area contributed by atoms with E-state index in [1.807, 2.05) is 24.0 Å². The number of nitrogens with one attached hydrogen (secondary N) is 1. The van der Waals surface area contributed by atoms with E-state index in [-0.39, 0.29) is 5.54 Å². The molecule has 1 saturated carbocycles. The number of imidazole rings is 1. The van der Waals surface area contributed by atoms with Gasteiger partial charge in [-0.1, -0.05) is 0 Å². The molecule has 1 unspecified atom stereocenters. The Labute approximate surface area is 100 Å². The van der Waals surface area contributed by atoms with Gasteiger partial charge in [-0.25, -0.2) is 4.98 Å². The number of hydrogen-bond acceptors (Lipinski definition) is 3. The van der Waals surface area contributed by atoms with E-state index < -0.39 is 0 Å². The monoisotopic (exact) mass is 231 g/mol. The van der Waals surface area contributed by atoms with Crippen LogP contribution in [-0.2, 0) is 12.6 Å². The van der Waals surface area contributed by atoms with Crippen LogP contribution in [-0.4, -0.2) is 19.7 Å². The van der Waals surface area contributed by atoms with Gasteiger partial charge >= 0.3 is 0 Å². The van der Waals surface area contributed by atoms with E-state index in [2.05, 4.69) is 22.0 Å². The fourth-order valence-electron chi connectivity index (χ4n) is 2.24. The first-order valence-electron chi connectivity index (χ1n) is 5.92. The molecule has 5 nitrogen and oxygen atoms in total. The van der Waals surface area contributed by atoms with Crippen molar-refractivity contribution in [3.05, 3.63) is 24.3 Å². The molecule has 2 heterocycles. The van der Waals surface area contributed by atoms with Gasteiger partial charge < -0.3 is 10.7 Å². The molecular weight excluding hydrogens is 214 g/mol. The summed E-state index contributed by atoms with van der Waals surface area (Å²) in [6.07, 6.45) is 6.02. The van der Waals surface area contributed by atoms with Gasteiger partial charge in [0.25, 0.3) is 0 Å². The van der Waals surface area contributed by atoms with Gasteiger partial charge in [0, 0.05) is 13.2 Å². The maximum atomic E-state index is 6.33. The summed E-state index contributed by atoms with van der Waals surface area (Å²) >= 11 is 0. The molecule has 5 heteroatoms. The number of rotatable bonds is 3. The van der Waals surface area contributed by atoms with Crippen LogP contribution in [0, 0.1) is 5.92 Å². The van der Waals surface area contributed by atoms with Crippen LogP contribution in [0.3, 0.4) is 0 Å². The second-order valence-corrected chi connectivity index (χ2v) is 5.04. The number of aromatic amines is 1. The summed E-state index contributed by atoms with van der Waals surface area (Å²) in [4.78, 5) is 7.75. The Morgan fingerprint density at radius 2 is 2.29 bits per heavy atom. The van der Waals surface area contributed by atoms with Gasteiger partial charge in [-0.15, -0.1) is 0 Å². The predicted octanol–water partition coefficient (Wildman–Crippen LogP) is 1.39. The van der Waals surface area contributed by atoms with Crippen LogP contribution in [0.5, 0.6) is 0 Å². The zero-order chi connectivity index (χ0) is 12.0. The number of nitrogens with zero attached hydrogens (tertiary/aromatic N) is 3. The Kier molecular flexibility index (Phi) is 2.13. The Hall–Kier alpha value is -1.62. The first-order valence-corrected chi connectivity index (χ1v) is 5.92. The summed E-state index contributed by atoms with van der Waals surface area (Å²) in [7, 11) is 1.92. The van der Waals surface area contributed by atoms with Crippen LogP contribution >= 0.6 is 0 Å². The minimum Gasteiger partial charge on any atom is -0.339 e. The molecule has 17 heavy (non-hydrogen) atoms. The third kappa shape index (κ3) is 1.67. The van der Waals surface area contributed by atoms with Gasteiger partial charge in [0.1, 0.15) is 5.82 Å². The van der Waals surface area contributed by atoms with E-state index in [1.165, 1.54) is 12.8 Å². The lowest BCUT2D eigenvalue weighted by Gasteiger charge is -2.21. The van der Waals surface area contributed by atoms with Crippen molar-refractivity contribution < 1.29 is 0 Å². The summed E-state index contributed by atoms with van der Waals surface area (Å²) in [6, 6.07) is 1.96. The molecule has 0 bridgehead atoms. The van der Waals surface area contributed by atoms with Gasteiger partial charge in [0.2, 0.25) is 0 Å². The van der Waals surface area contributed by atoms with Crippen molar-refractivity contribution in [2.45, 2.75) is 25.3 Å². The molecule has 90 valence electrons. The Morgan fingerprint density at radius 1 is 1.53 bits per heavy atom. The lowest BCUT2D eigenvalue weighted by Crippen LogP contribution is -2.36. The third-order valence-corrected chi connectivity index (χ3v) is 3.61. The highest BCUT2D eigenvalue weighted by Crippen LogP contribution is 2.43. The molecule has 0 spiro atoms. The largest absolute Gasteiger partial charge is 0.339 e. The number of hydrogen-bond donors (Lipinski definition) is 2. The van der Waals surface area contributed by atoms with Crippen molar-refractivity contribution in [1.29, 1.82) is 0 Å². The normalized spacial score (nSPS) is 19.2. The SMILES string of the molecule is Cn1nccc1-c1cnc(C(C)(N)C2CC2)[nH]1. The second-order valence-electron chi connectivity index (χ2n) is 5.04. The number of aromatic nitrogens is 4. The predicted molar refractivity (Wildman–Crippen MR) is 65.1 cm³/mol. The van der Waals surface area contributed by atoms with Crippen LogP contribution in [0.1, 0.15) is 25.6 Å². The van der Waals surface area contributed by atoms with E-state index >= 15 is 0 Å². The molecule has 1 aliphatic carbocycles. The lowest BCUT2D eigenvalue weighted by molar-refractivity contribution is 0.404. The fourth-order valence-corrected chi connectivity index (χ4v) is 2.24. The summed E-state index contributed by atoms with van der Waals surface area (Å²) in [6.45, 7) is 2.05. The molecule has 3 N–H and O–H groups in total. The highest BCUT2D eigenvalue weighted by molar-refractivity contribution is 5.53. The minimum absolute atomic E-state index is 0.336. The van der Waals surface area contributed by atoms with Crippen molar-refractivity contribution in [3.63, 3.8) is 0 Å². The van der Waals surface area contributed by atoms with E-state index in [4.69, 9.17) is 5.73 Å². The van der Waals surface area contributed by atoms with E-state index in [9.17, 15) is 0 Å². The Balaban J connectivity index is 1.95. The van der Waals surface area contributed by atoms with Crippen molar-refractivity contribution in [2.75, 3.05) is 0 Å². The zero-order valence-electron chi connectivity index (χ0n) is 10.1. The smallest absolute Gasteiger partial charge is 0.126 e. The van der Waals surface area contributed by atoms with E-state index in [1.54, 1.807) is 6.20 Å². The topological polar surface area (TPSA) is 72.5 Å². The molecule has 0 aliphatic heterocycles. The van der Waals surface area contributed by atoms with Crippen molar-refractivity contribution in [2.24, 2.45) is 18.7 Å². The van der Waals surface area contributed by atoms with Gasteiger partial charge in [-0.3, -0.25) is 4.68 Å². The van der Waals surface area contributed by atoms with Crippen LogP contribution in [0.15, 0.2) is 18.5 Å². The standard InChI is InChI=1S/C12H17N5/c1-12(13,8-3-4-8)11-14-7-9(16-11)10-5-6-15-17(10)2/h5-8H,3-4,13H2,1-2H3,(H,14,16). The van der Waals surface area contributed by atoms with Crippen LogP contribution in [0.4, 0.5) is 0 Å². The van der Waals surface area contributed by atoms with Crippen LogP contribution in [0.2, 0.25) is 0 Å². The van der Waals surface area contributed by atoms with Crippen molar-refractivity contribution >= 4 is 0 Å². The number of H-pyrrole nitrogens is 1. The summed E-state index contributed by atoms with van der Waals surface area (Å²) in [5, 5.41) is 4.15. The molecule has 1 aliphatic rings. The summed E-state index contributed by atoms with van der Waals surface area (Å²) in [5.41, 5.74) is 7.99. The molecule has 0 aromatic carbocycles. The molecule has 0 saturated heterocycles. The van der Waals surface area contributed by atoms with Crippen molar-refractivity contribution in [3.8, 4) is 11.4 Å². The van der Waals surface area contributed by atoms with E-state index in [0.29, 0.717) is 5.92 Å². The Morgan fingerprint density at radius 3 is 2.88 bits per heavy atom. The van der Waals surface area contributed by atoms with Gasteiger partial charge in [-0.2, -0.15) is 5.10 Å². The molecule has 1 atom stereocenters. The molecule has 2 aromatic rings. The molecule has 0 radical (unpaired) electrons. The quantitative estimate of drug-likeness (QED) is 0.838. The van der Waals surface area contributed by atoms with Gasteiger partial charge in [0.15, 0.2) is 0 Å². The highest BCUT2D eigenvalue weighted by Gasteiger charge is 2.41. The minimum atomic E-state index is -0.336. The van der Waals surface area contributed by atoms with Crippen LogP contribution in [0.25, 0.3) is 11.4 Å². The zero-order valence-corrected chi connectivity index (χ0v) is 10.1. The maximum Gasteiger partial charge on any atom is 0.126 e. The van der Waals surface area contributed by atoms with Gasteiger partial charge in [0.05, 0.1) is 23.1 Å². The lowest BCUT2D eigenvalue weighted by atomic mass is 9.97. The first kappa shape index (κ1) is 10.5. The number of aryl methyl sites for hydroxylation is 1. The highest BCUT2D eigenvalue weighted by atomic mass is 15.3. The number of nitrogens with two attached hydrogens (primary N) is 1. The molecule has 0 amide bonds. The molecule has 3 rings (SSSR count). The van der Waals surface area contributed by atoms with Gasteiger partial charge in [-0.05, 0) is 31.7 Å². The molecule has 2 aromatic heterocycles. The van der Waals surface area contributed by atoms with Crippen LogP contribution < -0.4 is 5.73 Å². The summed E-state index contributed by atoms with van der Waals surface area (Å²) < 4.78 is 1.82. The van der Waals surface area contributed by atoms with E-state index in [0.717, 1.165) is 17.2 Å². The molecule has 1 fully saturated rings. The average molecular weight is 231 g/mol. The second kappa shape index (κ2) is 3.43. The fraction of sp³-hybridized carbons (Fsp3) is 0.500. The van der Waals surface area contributed by atoms with Crippen molar-refractivity contribution in [1.82, 2.24) is 19.7 Å². The summed E-state index contributed by atoms with van der Waals surface area (Å²) in [5.74, 6) is 1.43. The molecular formula is C12H17N5. The Bertz CT molecular complexity index is 533. The third-order valence-electron chi connectivity index (χ3n) is 3.61. The average Bonchev–Trinajstić information content (AvgIpc) is 2.89.